The number of hydrogen-bond donors (Lipinski definition) is 1. The number of anilines is 1. The molecule has 1 N–H and O–H groups in total. The van der Waals surface area contributed by atoms with Gasteiger partial charge in [-0.2, -0.15) is 0 Å². The highest BCUT2D eigenvalue weighted by molar-refractivity contribution is 9.10. The van der Waals surface area contributed by atoms with Crippen molar-refractivity contribution in [2.24, 2.45) is 0 Å². The monoisotopic (exact) mass is 350 g/mol. The van der Waals surface area contributed by atoms with Crippen LogP contribution in [-0.2, 0) is 0 Å². The number of hydrogen-bond acceptors (Lipinski definition) is 3. The minimum Gasteiger partial charge on any atom is -0.355 e. The predicted molar refractivity (Wildman–Crippen MR) is 85.8 cm³/mol. The van der Waals surface area contributed by atoms with Crippen molar-refractivity contribution >= 4 is 42.6 Å². The summed E-state index contributed by atoms with van der Waals surface area (Å²) in [6, 6.07) is 12.7. The van der Waals surface area contributed by atoms with Gasteiger partial charge in [0.25, 0.3) is 0 Å². The van der Waals surface area contributed by atoms with Crippen molar-refractivity contribution < 1.29 is 4.39 Å². The summed E-state index contributed by atoms with van der Waals surface area (Å²) in [5.41, 5.74) is 1.86. The van der Waals surface area contributed by atoms with Crippen LogP contribution in [0.15, 0.2) is 46.9 Å². The van der Waals surface area contributed by atoms with Crippen LogP contribution in [0.2, 0.25) is 0 Å². The molecule has 0 saturated carbocycles. The van der Waals surface area contributed by atoms with Gasteiger partial charge < -0.3 is 5.32 Å². The molecule has 5 heteroatoms. The van der Waals surface area contributed by atoms with Gasteiger partial charge in [0.05, 0.1) is 16.3 Å². The van der Waals surface area contributed by atoms with Gasteiger partial charge in [-0.05, 0) is 42.8 Å². The fourth-order valence-electron chi connectivity index (χ4n) is 2.01. The zero-order valence-corrected chi connectivity index (χ0v) is 13.1. The highest BCUT2D eigenvalue weighted by atomic mass is 79.9. The number of aromatic nitrogens is 1. The maximum Gasteiger partial charge on any atom is 0.184 e. The van der Waals surface area contributed by atoms with Crippen molar-refractivity contribution in [3.05, 3.63) is 58.3 Å². The Morgan fingerprint density at radius 1 is 1.25 bits per heavy atom. The van der Waals surface area contributed by atoms with Gasteiger partial charge in [-0.1, -0.05) is 39.4 Å². The Morgan fingerprint density at radius 2 is 2.10 bits per heavy atom. The molecule has 0 aliphatic carbocycles. The fraction of sp³-hybridized carbons (Fsp3) is 0.133. The number of nitrogens with one attached hydrogen (secondary N) is 1. The van der Waals surface area contributed by atoms with Crippen LogP contribution in [0.25, 0.3) is 10.2 Å². The normalized spacial score (nSPS) is 12.6. The smallest absolute Gasteiger partial charge is 0.184 e. The van der Waals surface area contributed by atoms with Crippen molar-refractivity contribution in [2.45, 2.75) is 13.0 Å². The van der Waals surface area contributed by atoms with E-state index >= 15 is 0 Å². The van der Waals surface area contributed by atoms with Crippen LogP contribution < -0.4 is 5.32 Å². The summed E-state index contributed by atoms with van der Waals surface area (Å²) in [6.45, 7) is 2.00. The van der Waals surface area contributed by atoms with E-state index in [0.717, 1.165) is 25.4 Å². The Labute approximate surface area is 128 Å². The molecule has 0 saturated heterocycles. The van der Waals surface area contributed by atoms with Crippen molar-refractivity contribution in [3.63, 3.8) is 0 Å². The molecule has 0 bridgehead atoms. The van der Waals surface area contributed by atoms with Crippen molar-refractivity contribution in [1.29, 1.82) is 0 Å². The van der Waals surface area contributed by atoms with E-state index in [1.807, 2.05) is 31.2 Å². The van der Waals surface area contributed by atoms with Gasteiger partial charge in [-0.15, -0.1) is 0 Å². The van der Waals surface area contributed by atoms with Crippen LogP contribution >= 0.6 is 27.3 Å². The molecule has 0 spiro atoms. The molecule has 3 rings (SSSR count). The molecule has 1 unspecified atom stereocenters. The molecule has 20 heavy (non-hydrogen) atoms. The van der Waals surface area contributed by atoms with Gasteiger partial charge in [-0.3, -0.25) is 0 Å². The SMILES string of the molecule is CC(Nc1nc2cc(Br)ccc2s1)c1cccc(F)c1. The molecule has 0 aliphatic heterocycles. The van der Waals surface area contributed by atoms with Crippen LogP contribution in [-0.4, -0.2) is 4.98 Å². The zero-order valence-electron chi connectivity index (χ0n) is 10.7. The molecule has 1 atom stereocenters. The van der Waals surface area contributed by atoms with Crippen molar-refractivity contribution in [2.75, 3.05) is 5.32 Å². The van der Waals surface area contributed by atoms with E-state index in [4.69, 9.17) is 0 Å². The molecule has 1 aromatic heterocycles. The lowest BCUT2D eigenvalue weighted by Gasteiger charge is -2.13. The lowest BCUT2D eigenvalue weighted by Crippen LogP contribution is -2.06. The van der Waals surface area contributed by atoms with Crippen LogP contribution in [0.5, 0.6) is 0 Å². The third-order valence-electron chi connectivity index (χ3n) is 3.04. The summed E-state index contributed by atoms with van der Waals surface area (Å²) in [6.07, 6.45) is 0. The van der Waals surface area contributed by atoms with E-state index in [1.165, 1.54) is 6.07 Å². The number of nitrogens with zero attached hydrogens (tertiary/aromatic N) is 1. The molecule has 2 aromatic carbocycles. The maximum atomic E-state index is 13.2. The van der Waals surface area contributed by atoms with Gasteiger partial charge >= 0.3 is 0 Å². The number of halogens is 2. The highest BCUT2D eigenvalue weighted by Gasteiger charge is 2.10. The third kappa shape index (κ3) is 2.83. The average Bonchev–Trinajstić information content (AvgIpc) is 2.80. The lowest BCUT2D eigenvalue weighted by atomic mass is 10.1. The van der Waals surface area contributed by atoms with Crippen molar-refractivity contribution in [3.8, 4) is 0 Å². The number of benzene rings is 2. The van der Waals surface area contributed by atoms with E-state index in [-0.39, 0.29) is 11.9 Å². The van der Waals surface area contributed by atoms with Gasteiger partial charge in [0, 0.05) is 4.47 Å². The molecule has 0 amide bonds. The summed E-state index contributed by atoms with van der Waals surface area (Å²) >= 11 is 5.04. The van der Waals surface area contributed by atoms with Crippen LogP contribution in [0.4, 0.5) is 9.52 Å². The summed E-state index contributed by atoms with van der Waals surface area (Å²) in [5.74, 6) is -0.218. The van der Waals surface area contributed by atoms with E-state index in [9.17, 15) is 4.39 Å². The summed E-state index contributed by atoms with van der Waals surface area (Å²) in [7, 11) is 0. The maximum absolute atomic E-state index is 13.2. The van der Waals surface area contributed by atoms with Crippen LogP contribution in [0, 0.1) is 5.82 Å². The standard InChI is InChI=1S/C15H12BrFN2S/c1-9(10-3-2-4-12(17)7-10)18-15-19-13-8-11(16)5-6-14(13)20-15/h2-9H,1H3,(H,18,19). The van der Waals surface area contributed by atoms with Crippen molar-refractivity contribution in [1.82, 2.24) is 4.98 Å². The van der Waals surface area contributed by atoms with Gasteiger partial charge in [0.15, 0.2) is 5.13 Å². The molecular weight excluding hydrogens is 339 g/mol. The van der Waals surface area contributed by atoms with Gasteiger partial charge in [0.1, 0.15) is 5.82 Å². The summed E-state index contributed by atoms with van der Waals surface area (Å²) in [4.78, 5) is 4.55. The molecular formula is C15H12BrFN2S. The minimum absolute atomic E-state index is 0.00898. The highest BCUT2D eigenvalue weighted by Crippen LogP contribution is 2.30. The van der Waals surface area contributed by atoms with Crippen LogP contribution in [0.3, 0.4) is 0 Å². The molecule has 102 valence electrons. The summed E-state index contributed by atoms with van der Waals surface area (Å²) < 4.78 is 15.4. The molecule has 1 heterocycles. The predicted octanol–water partition coefficient (Wildman–Crippen LogP) is 5.37. The first-order chi connectivity index (χ1) is 9.61. The van der Waals surface area contributed by atoms with E-state index < -0.39 is 0 Å². The second kappa shape index (κ2) is 5.50. The topological polar surface area (TPSA) is 24.9 Å². The second-order valence-corrected chi connectivity index (χ2v) is 6.50. The number of rotatable bonds is 3. The first-order valence-electron chi connectivity index (χ1n) is 6.20. The van der Waals surface area contributed by atoms with E-state index in [2.05, 4.69) is 26.2 Å². The Hall–Kier alpha value is -1.46. The largest absolute Gasteiger partial charge is 0.355 e. The van der Waals surface area contributed by atoms with Crippen LogP contribution in [0.1, 0.15) is 18.5 Å². The minimum atomic E-state index is -0.218. The van der Waals surface area contributed by atoms with Gasteiger partial charge in [0.2, 0.25) is 0 Å². The Morgan fingerprint density at radius 3 is 2.90 bits per heavy atom. The molecule has 3 aromatic rings. The average molecular weight is 351 g/mol. The Kier molecular flexibility index (Phi) is 3.72. The Bertz CT molecular complexity index is 756. The Balaban J connectivity index is 1.85. The number of fused-ring (bicyclic) bond motifs is 1. The van der Waals surface area contributed by atoms with Gasteiger partial charge in [-0.25, -0.2) is 9.37 Å². The lowest BCUT2D eigenvalue weighted by molar-refractivity contribution is 0.623. The third-order valence-corrected chi connectivity index (χ3v) is 4.50. The number of thiazole rings is 1. The molecule has 0 fully saturated rings. The first-order valence-corrected chi connectivity index (χ1v) is 7.81. The van der Waals surface area contributed by atoms with E-state index in [1.54, 1.807) is 23.5 Å². The first kappa shape index (κ1) is 13.5. The second-order valence-electron chi connectivity index (χ2n) is 4.55. The zero-order chi connectivity index (χ0) is 14.1. The van der Waals surface area contributed by atoms with E-state index in [0.29, 0.717) is 0 Å². The molecule has 0 aliphatic rings. The molecule has 2 nitrogen and oxygen atoms in total. The molecule has 0 radical (unpaired) electrons. The quantitative estimate of drug-likeness (QED) is 0.686. The fourth-order valence-corrected chi connectivity index (χ4v) is 3.29. The summed E-state index contributed by atoms with van der Waals surface area (Å²) in [5, 5.41) is 4.16.